The third-order valence-corrected chi connectivity index (χ3v) is 6.95. The molecule has 0 unspecified atom stereocenters. The third kappa shape index (κ3) is 5.55. The van der Waals surface area contributed by atoms with Gasteiger partial charge in [0, 0.05) is 10.6 Å². The zero-order valence-electron chi connectivity index (χ0n) is 18.0. The van der Waals surface area contributed by atoms with Crippen molar-refractivity contribution in [2.45, 2.75) is 25.7 Å². The number of sulfonamides is 1. The summed E-state index contributed by atoms with van der Waals surface area (Å²) in [4.78, 5) is 12.8. The minimum Gasteiger partial charge on any atom is -0.271 e. The molecule has 0 atom stereocenters. The molecule has 0 heterocycles. The number of nitrogens with one attached hydrogen (secondary N) is 1. The van der Waals surface area contributed by atoms with Crippen LogP contribution < -0.4 is 9.73 Å². The lowest BCUT2D eigenvalue weighted by Crippen LogP contribution is -2.40. The molecule has 0 aliphatic carbocycles. The highest BCUT2D eigenvalue weighted by Gasteiger charge is 2.28. The van der Waals surface area contributed by atoms with Gasteiger partial charge in [-0.05, 0) is 56.2 Å². The molecule has 3 aromatic rings. The Bertz CT molecular complexity index is 1260. The fraction of sp³-hybridized carbons (Fsp3) is 0.167. The van der Waals surface area contributed by atoms with Crippen LogP contribution in [0.15, 0.2) is 76.7 Å². The number of anilines is 1. The lowest BCUT2D eigenvalue weighted by molar-refractivity contribution is -0.119. The second kappa shape index (κ2) is 9.97. The largest absolute Gasteiger partial charge is 0.271 e. The minimum absolute atomic E-state index is 0.108. The summed E-state index contributed by atoms with van der Waals surface area (Å²) in [5, 5.41) is 4.42. The van der Waals surface area contributed by atoms with Crippen molar-refractivity contribution in [2.24, 2.45) is 5.10 Å². The van der Waals surface area contributed by atoms with Gasteiger partial charge in [-0.2, -0.15) is 5.10 Å². The van der Waals surface area contributed by atoms with Gasteiger partial charge in [-0.3, -0.25) is 9.10 Å². The number of hydrogen-bond donors (Lipinski definition) is 1. The van der Waals surface area contributed by atoms with E-state index in [1.54, 1.807) is 49.4 Å². The Kier molecular flexibility index (Phi) is 7.33. The van der Waals surface area contributed by atoms with Crippen LogP contribution in [0.3, 0.4) is 0 Å². The van der Waals surface area contributed by atoms with Gasteiger partial charge in [-0.1, -0.05) is 59.6 Å². The lowest BCUT2D eigenvalue weighted by Gasteiger charge is -2.25. The van der Waals surface area contributed by atoms with E-state index in [-0.39, 0.29) is 4.90 Å². The first-order valence-corrected chi connectivity index (χ1v) is 11.7. The second-order valence-electron chi connectivity index (χ2n) is 7.43. The molecule has 0 aliphatic heterocycles. The first-order valence-electron chi connectivity index (χ1n) is 9.91. The molecule has 3 rings (SSSR count). The molecule has 0 fully saturated rings. The summed E-state index contributed by atoms with van der Waals surface area (Å²) < 4.78 is 28.1. The topological polar surface area (TPSA) is 78.8 Å². The van der Waals surface area contributed by atoms with Crippen LogP contribution in [-0.2, 0) is 14.8 Å². The molecule has 0 aliphatic rings. The van der Waals surface area contributed by atoms with Crippen molar-refractivity contribution in [1.82, 2.24) is 5.43 Å². The molecule has 0 spiro atoms. The average Bonchev–Trinajstić information content (AvgIpc) is 2.75. The number of carbonyl (C=O) groups is 1. The Hall–Kier alpha value is -3.16. The van der Waals surface area contributed by atoms with Gasteiger partial charge in [0.2, 0.25) is 0 Å². The molecular weight excluding hydrogens is 446 g/mol. The standard InChI is InChI=1S/C24H24ClN3O3S/c1-17-9-12-21(13-10-17)32(30,31)28(23-14-18(2)8-11-19(23)3)16-24(29)27-26-15-20-6-4-5-7-22(20)25/h4-15H,16H2,1-3H3,(H,27,29)/b26-15-. The fourth-order valence-corrected chi connectivity index (χ4v) is 4.71. The predicted molar refractivity (Wildman–Crippen MR) is 129 cm³/mol. The Morgan fingerprint density at radius 2 is 1.66 bits per heavy atom. The fourth-order valence-electron chi connectivity index (χ4n) is 3.04. The van der Waals surface area contributed by atoms with E-state index in [4.69, 9.17) is 11.6 Å². The molecule has 3 aromatic carbocycles. The van der Waals surface area contributed by atoms with Gasteiger partial charge in [0.05, 0.1) is 16.8 Å². The van der Waals surface area contributed by atoms with Gasteiger partial charge >= 0.3 is 0 Å². The van der Waals surface area contributed by atoms with E-state index >= 15 is 0 Å². The zero-order chi connectivity index (χ0) is 23.3. The monoisotopic (exact) mass is 469 g/mol. The quantitative estimate of drug-likeness (QED) is 0.405. The number of halogens is 1. The van der Waals surface area contributed by atoms with Crippen LogP contribution in [0.25, 0.3) is 0 Å². The summed E-state index contributed by atoms with van der Waals surface area (Å²) >= 11 is 6.08. The third-order valence-electron chi connectivity index (χ3n) is 4.83. The maximum absolute atomic E-state index is 13.5. The number of aryl methyl sites for hydroxylation is 3. The van der Waals surface area contributed by atoms with Crippen molar-refractivity contribution in [2.75, 3.05) is 10.8 Å². The lowest BCUT2D eigenvalue weighted by atomic mass is 10.1. The summed E-state index contributed by atoms with van der Waals surface area (Å²) in [5.41, 5.74) is 6.02. The van der Waals surface area contributed by atoms with Crippen LogP contribution in [0.2, 0.25) is 5.02 Å². The number of carbonyl (C=O) groups excluding carboxylic acids is 1. The van der Waals surface area contributed by atoms with Gasteiger partial charge in [-0.25, -0.2) is 13.8 Å². The summed E-state index contributed by atoms with van der Waals surface area (Å²) in [6.45, 7) is 5.12. The first kappa shape index (κ1) is 23.5. The van der Waals surface area contributed by atoms with Gasteiger partial charge < -0.3 is 0 Å². The van der Waals surface area contributed by atoms with Crippen LogP contribution in [0.5, 0.6) is 0 Å². The number of hydrogen-bond acceptors (Lipinski definition) is 4. The highest BCUT2D eigenvalue weighted by atomic mass is 35.5. The smallest absolute Gasteiger partial charge is 0.264 e. The Morgan fingerprint density at radius 3 is 2.34 bits per heavy atom. The molecule has 0 aromatic heterocycles. The molecule has 8 heteroatoms. The van der Waals surface area contributed by atoms with Crippen LogP contribution in [0, 0.1) is 20.8 Å². The van der Waals surface area contributed by atoms with Crippen molar-refractivity contribution in [1.29, 1.82) is 0 Å². The molecule has 166 valence electrons. The summed E-state index contributed by atoms with van der Waals surface area (Å²) in [6, 6.07) is 19.0. The molecular formula is C24H24ClN3O3S. The minimum atomic E-state index is -3.99. The molecule has 0 saturated carbocycles. The SMILES string of the molecule is Cc1ccc(S(=O)(=O)N(CC(=O)N/N=C\c2ccccc2Cl)c2cc(C)ccc2C)cc1. The maximum Gasteiger partial charge on any atom is 0.264 e. The summed E-state index contributed by atoms with van der Waals surface area (Å²) in [7, 11) is -3.99. The van der Waals surface area contributed by atoms with Crippen LogP contribution in [0.1, 0.15) is 22.3 Å². The normalized spacial score (nSPS) is 11.5. The number of rotatable bonds is 7. The molecule has 0 saturated heterocycles. The van der Waals surface area contributed by atoms with Crippen LogP contribution in [-0.4, -0.2) is 27.1 Å². The molecule has 32 heavy (non-hydrogen) atoms. The number of nitrogens with zero attached hydrogens (tertiary/aromatic N) is 2. The molecule has 6 nitrogen and oxygen atoms in total. The van der Waals surface area contributed by atoms with Crippen molar-refractivity contribution in [3.8, 4) is 0 Å². The predicted octanol–water partition coefficient (Wildman–Crippen LogP) is 4.61. The molecule has 0 radical (unpaired) electrons. The van der Waals surface area contributed by atoms with Crippen molar-refractivity contribution in [3.63, 3.8) is 0 Å². The van der Waals surface area contributed by atoms with E-state index in [1.807, 2.05) is 26.0 Å². The average molecular weight is 470 g/mol. The van der Waals surface area contributed by atoms with Gasteiger partial charge in [0.1, 0.15) is 6.54 Å². The van der Waals surface area contributed by atoms with Gasteiger partial charge in [0.25, 0.3) is 15.9 Å². The number of hydrazone groups is 1. The van der Waals surface area contributed by atoms with Gasteiger partial charge in [-0.15, -0.1) is 0 Å². The van der Waals surface area contributed by atoms with E-state index in [1.165, 1.54) is 18.3 Å². The van der Waals surface area contributed by atoms with Crippen LogP contribution in [0.4, 0.5) is 5.69 Å². The zero-order valence-corrected chi connectivity index (χ0v) is 19.6. The van der Waals surface area contributed by atoms with E-state index in [0.29, 0.717) is 16.3 Å². The second-order valence-corrected chi connectivity index (χ2v) is 9.70. The Labute approximate surface area is 193 Å². The van der Waals surface area contributed by atoms with E-state index in [9.17, 15) is 13.2 Å². The van der Waals surface area contributed by atoms with Crippen molar-refractivity contribution < 1.29 is 13.2 Å². The highest BCUT2D eigenvalue weighted by molar-refractivity contribution is 7.92. The molecule has 1 amide bonds. The molecule has 1 N–H and O–H groups in total. The van der Waals surface area contributed by atoms with E-state index in [2.05, 4.69) is 10.5 Å². The van der Waals surface area contributed by atoms with Crippen molar-refractivity contribution in [3.05, 3.63) is 94.0 Å². The summed E-state index contributed by atoms with van der Waals surface area (Å²) in [5.74, 6) is -0.579. The highest BCUT2D eigenvalue weighted by Crippen LogP contribution is 2.28. The number of benzene rings is 3. The van der Waals surface area contributed by atoms with E-state index in [0.717, 1.165) is 21.0 Å². The van der Waals surface area contributed by atoms with Crippen molar-refractivity contribution >= 4 is 39.4 Å². The van der Waals surface area contributed by atoms with Crippen LogP contribution >= 0.6 is 11.6 Å². The maximum atomic E-state index is 13.5. The van der Waals surface area contributed by atoms with Gasteiger partial charge in [0.15, 0.2) is 0 Å². The van der Waals surface area contributed by atoms with E-state index < -0.39 is 22.5 Å². The first-order chi connectivity index (χ1) is 15.2. The number of amides is 1. The Morgan fingerprint density at radius 1 is 1.00 bits per heavy atom. The Balaban J connectivity index is 1.91. The molecule has 0 bridgehead atoms. The summed E-state index contributed by atoms with van der Waals surface area (Å²) in [6.07, 6.45) is 1.41.